The number of phenols is 1. The molecule has 0 saturated heterocycles. The standard InChI is InChI=1S/C26H32N4O5/c27-13-5-1-2-8-24(32)29-22(15-18-16-28-21-7-4-3-6-20(18)21)25(33)30-23(26(34)35)14-17-9-11-19(31)12-10-17/h3-4,6-7,9-12,16,22-23,28,31H,1-2,5,8,13-15,27H2,(H,29,32)(H,30,33)(H,34,35)/t22-,23-/m0/s1. The van der Waals surface area contributed by atoms with Crippen LogP contribution < -0.4 is 16.4 Å². The Kier molecular flexibility index (Phi) is 9.25. The Labute approximate surface area is 203 Å². The van der Waals surface area contributed by atoms with Gasteiger partial charge in [-0.1, -0.05) is 36.8 Å². The molecule has 35 heavy (non-hydrogen) atoms. The minimum absolute atomic E-state index is 0.0359. The number of nitrogens with two attached hydrogens (primary N) is 1. The van der Waals surface area contributed by atoms with Gasteiger partial charge in [0.05, 0.1) is 0 Å². The minimum atomic E-state index is -1.20. The van der Waals surface area contributed by atoms with Crippen LogP contribution in [0.3, 0.4) is 0 Å². The van der Waals surface area contributed by atoms with Crippen LogP contribution in [-0.4, -0.2) is 51.6 Å². The molecule has 3 rings (SSSR count). The van der Waals surface area contributed by atoms with Gasteiger partial charge in [-0.3, -0.25) is 9.59 Å². The zero-order valence-corrected chi connectivity index (χ0v) is 19.5. The van der Waals surface area contributed by atoms with Crippen molar-refractivity contribution in [1.82, 2.24) is 15.6 Å². The Hall–Kier alpha value is -3.85. The number of aromatic amines is 1. The summed E-state index contributed by atoms with van der Waals surface area (Å²) in [5.74, 6) is -1.97. The van der Waals surface area contributed by atoms with Crippen LogP contribution in [0.4, 0.5) is 0 Å². The number of para-hydroxylation sites is 1. The largest absolute Gasteiger partial charge is 0.508 e. The van der Waals surface area contributed by atoms with E-state index in [0.29, 0.717) is 18.5 Å². The molecule has 9 heteroatoms. The predicted molar refractivity (Wildman–Crippen MR) is 133 cm³/mol. The van der Waals surface area contributed by atoms with Gasteiger partial charge in [0.15, 0.2) is 0 Å². The number of phenolic OH excluding ortho intramolecular Hbond substituents is 1. The number of aliphatic carboxylic acids is 1. The van der Waals surface area contributed by atoms with Crippen molar-refractivity contribution < 1.29 is 24.6 Å². The maximum atomic E-state index is 13.2. The molecule has 0 spiro atoms. The number of carboxylic acid groups (broad SMARTS) is 1. The number of hydrogen-bond acceptors (Lipinski definition) is 5. The summed E-state index contributed by atoms with van der Waals surface area (Å²) in [6, 6.07) is 11.6. The molecule has 3 aromatic rings. The maximum Gasteiger partial charge on any atom is 0.326 e. The second-order valence-electron chi connectivity index (χ2n) is 8.55. The fraction of sp³-hybridized carbons (Fsp3) is 0.346. The van der Waals surface area contributed by atoms with Crippen molar-refractivity contribution in [3.63, 3.8) is 0 Å². The van der Waals surface area contributed by atoms with Crippen LogP contribution in [0.1, 0.15) is 36.8 Å². The van der Waals surface area contributed by atoms with Gasteiger partial charge in [-0.05, 0) is 48.7 Å². The average molecular weight is 481 g/mol. The van der Waals surface area contributed by atoms with Crippen LogP contribution in [0.2, 0.25) is 0 Å². The van der Waals surface area contributed by atoms with Gasteiger partial charge in [0.1, 0.15) is 17.8 Å². The van der Waals surface area contributed by atoms with E-state index in [2.05, 4.69) is 15.6 Å². The number of H-pyrrole nitrogens is 1. The molecule has 1 aromatic heterocycles. The Balaban J connectivity index is 1.74. The second kappa shape index (κ2) is 12.6. The van der Waals surface area contributed by atoms with Crippen molar-refractivity contribution in [1.29, 1.82) is 0 Å². The van der Waals surface area contributed by atoms with Crippen molar-refractivity contribution in [3.05, 3.63) is 65.9 Å². The number of carbonyl (C=O) groups excluding carboxylic acids is 2. The number of nitrogens with one attached hydrogen (secondary N) is 3. The molecule has 0 aliphatic rings. The number of rotatable bonds is 13. The quantitative estimate of drug-likeness (QED) is 0.206. The van der Waals surface area contributed by atoms with E-state index in [1.807, 2.05) is 24.3 Å². The van der Waals surface area contributed by atoms with Gasteiger partial charge in [0.25, 0.3) is 0 Å². The lowest BCUT2D eigenvalue weighted by atomic mass is 10.0. The van der Waals surface area contributed by atoms with Crippen LogP contribution in [0, 0.1) is 0 Å². The van der Waals surface area contributed by atoms with E-state index in [0.717, 1.165) is 29.3 Å². The Bertz CT molecular complexity index is 1140. The van der Waals surface area contributed by atoms with Gasteiger partial charge in [-0.15, -0.1) is 0 Å². The highest BCUT2D eigenvalue weighted by atomic mass is 16.4. The molecule has 2 aromatic carbocycles. The summed E-state index contributed by atoms with van der Waals surface area (Å²) >= 11 is 0. The molecule has 0 aliphatic heterocycles. The number of aromatic hydroxyl groups is 1. The van der Waals surface area contributed by atoms with Crippen molar-refractivity contribution in [2.24, 2.45) is 5.73 Å². The fourth-order valence-electron chi connectivity index (χ4n) is 3.94. The number of aromatic nitrogens is 1. The molecule has 2 atom stereocenters. The molecule has 186 valence electrons. The number of carboxylic acids is 1. The molecule has 0 saturated carbocycles. The van der Waals surface area contributed by atoms with Gasteiger partial charge < -0.3 is 31.6 Å². The van der Waals surface area contributed by atoms with E-state index >= 15 is 0 Å². The molecule has 0 fully saturated rings. The first-order chi connectivity index (χ1) is 16.9. The molecular formula is C26H32N4O5. The van der Waals surface area contributed by atoms with Gasteiger partial charge in [-0.25, -0.2) is 4.79 Å². The SMILES string of the molecule is NCCCCCC(=O)N[C@@H](Cc1c[nH]c2ccccc12)C(=O)N[C@@H](Cc1ccc(O)cc1)C(=O)O. The molecule has 7 N–H and O–H groups in total. The lowest BCUT2D eigenvalue weighted by molar-refractivity contribution is -0.142. The normalized spacial score (nSPS) is 12.7. The van der Waals surface area contributed by atoms with Crippen molar-refractivity contribution in [2.75, 3.05) is 6.54 Å². The van der Waals surface area contributed by atoms with Crippen LogP contribution in [0.25, 0.3) is 10.9 Å². The molecule has 2 amide bonds. The second-order valence-corrected chi connectivity index (χ2v) is 8.55. The summed E-state index contributed by atoms with van der Waals surface area (Å²) in [6.07, 6.45) is 4.59. The summed E-state index contributed by atoms with van der Waals surface area (Å²) in [5.41, 5.74) is 7.90. The number of hydrogen-bond donors (Lipinski definition) is 6. The molecule has 0 radical (unpaired) electrons. The van der Waals surface area contributed by atoms with Gasteiger partial charge in [0, 0.05) is 36.4 Å². The molecular weight excluding hydrogens is 448 g/mol. The lowest BCUT2D eigenvalue weighted by Crippen LogP contribution is -2.53. The number of amides is 2. The average Bonchev–Trinajstić information content (AvgIpc) is 3.25. The first kappa shape index (κ1) is 25.8. The molecule has 0 unspecified atom stereocenters. The van der Waals surface area contributed by atoms with Crippen LogP contribution in [-0.2, 0) is 27.2 Å². The summed E-state index contributed by atoms with van der Waals surface area (Å²) in [4.78, 5) is 40.8. The molecule has 0 bridgehead atoms. The lowest BCUT2D eigenvalue weighted by Gasteiger charge is -2.22. The zero-order valence-electron chi connectivity index (χ0n) is 19.5. The molecule has 1 heterocycles. The summed E-state index contributed by atoms with van der Waals surface area (Å²) < 4.78 is 0. The third kappa shape index (κ3) is 7.58. The van der Waals surface area contributed by atoms with Gasteiger partial charge in [0.2, 0.25) is 11.8 Å². The minimum Gasteiger partial charge on any atom is -0.508 e. The van der Waals surface area contributed by atoms with E-state index in [9.17, 15) is 24.6 Å². The Morgan fingerprint density at radius 3 is 2.37 bits per heavy atom. The Morgan fingerprint density at radius 2 is 1.66 bits per heavy atom. The van der Waals surface area contributed by atoms with Crippen molar-refractivity contribution in [3.8, 4) is 5.75 Å². The highest BCUT2D eigenvalue weighted by molar-refractivity contribution is 5.91. The summed E-state index contributed by atoms with van der Waals surface area (Å²) in [5, 5.41) is 25.5. The molecule has 9 nitrogen and oxygen atoms in total. The monoisotopic (exact) mass is 480 g/mol. The van der Waals surface area contributed by atoms with E-state index in [-0.39, 0.29) is 30.9 Å². The zero-order chi connectivity index (χ0) is 25.2. The predicted octanol–water partition coefficient (Wildman–Crippen LogP) is 2.23. The van der Waals surface area contributed by atoms with Crippen molar-refractivity contribution >= 4 is 28.7 Å². The summed E-state index contributed by atoms with van der Waals surface area (Å²) in [7, 11) is 0. The number of benzene rings is 2. The van der Waals surface area contributed by atoms with E-state index < -0.39 is 24.0 Å². The molecule has 0 aliphatic carbocycles. The first-order valence-electron chi connectivity index (χ1n) is 11.7. The Morgan fingerprint density at radius 1 is 0.914 bits per heavy atom. The highest BCUT2D eigenvalue weighted by Gasteiger charge is 2.27. The van der Waals surface area contributed by atoms with Crippen LogP contribution in [0.5, 0.6) is 5.75 Å². The highest BCUT2D eigenvalue weighted by Crippen LogP contribution is 2.19. The smallest absolute Gasteiger partial charge is 0.326 e. The topological polar surface area (TPSA) is 158 Å². The van der Waals surface area contributed by atoms with E-state index in [4.69, 9.17) is 5.73 Å². The fourth-order valence-corrected chi connectivity index (χ4v) is 3.94. The van der Waals surface area contributed by atoms with Gasteiger partial charge >= 0.3 is 5.97 Å². The van der Waals surface area contributed by atoms with E-state index in [1.54, 1.807) is 18.3 Å². The van der Waals surface area contributed by atoms with E-state index in [1.165, 1.54) is 12.1 Å². The van der Waals surface area contributed by atoms with Crippen LogP contribution >= 0.6 is 0 Å². The number of fused-ring (bicyclic) bond motifs is 1. The third-order valence-electron chi connectivity index (χ3n) is 5.85. The van der Waals surface area contributed by atoms with Gasteiger partial charge in [-0.2, -0.15) is 0 Å². The number of carbonyl (C=O) groups is 3. The van der Waals surface area contributed by atoms with Crippen LogP contribution in [0.15, 0.2) is 54.7 Å². The third-order valence-corrected chi connectivity index (χ3v) is 5.85. The summed E-state index contributed by atoms with van der Waals surface area (Å²) in [6.45, 7) is 0.560. The number of unbranched alkanes of at least 4 members (excludes halogenated alkanes) is 2. The van der Waals surface area contributed by atoms with Crippen molar-refractivity contribution in [2.45, 2.75) is 50.6 Å². The first-order valence-corrected chi connectivity index (χ1v) is 11.7. The maximum absolute atomic E-state index is 13.2.